The van der Waals surface area contributed by atoms with Gasteiger partial charge in [-0.2, -0.15) is 0 Å². The normalized spacial score (nSPS) is 18.7. The molecule has 0 aliphatic heterocycles. The Hall–Kier alpha value is -0.153. The molecule has 1 atom stereocenters. The van der Waals surface area contributed by atoms with E-state index in [1.165, 1.54) is 82.3 Å². The largest absolute Gasteiger partial charge is 0.417 e. The number of carbonyl (C=O) groups excluding carboxylic acids is 1. The molecule has 0 radical (unpaired) electrons. The lowest BCUT2D eigenvalue weighted by atomic mass is 9.85. The summed E-state index contributed by atoms with van der Waals surface area (Å²) in [6, 6.07) is 4.13. The van der Waals surface area contributed by atoms with Crippen LogP contribution < -0.4 is 0 Å². The van der Waals surface area contributed by atoms with Gasteiger partial charge in [0.15, 0.2) is 8.32 Å². The minimum absolute atomic E-state index is 0.498. The van der Waals surface area contributed by atoms with Gasteiger partial charge in [-0.25, -0.2) is 0 Å². The number of hydrogen-bond acceptors (Lipinski definition) is 2. The molecule has 0 N–H and O–H groups in total. The molecule has 0 amide bonds. The SMILES string of the molecule is CCCC[Si](CCCC)(CCCC)OCCCCC1CCCC(=O)C1. The molecule has 1 unspecified atom stereocenters. The van der Waals surface area contributed by atoms with Crippen LogP contribution in [-0.2, 0) is 9.22 Å². The average molecular weight is 369 g/mol. The monoisotopic (exact) mass is 368 g/mol. The molecule has 1 rings (SSSR count). The third kappa shape index (κ3) is 9.94. The van der Waals surface area contributed by atoms with Gasteiger partial charge in [0, 0.05) is 19.4 Å². The zero-order chi connectivity index (χ0) is 18.4. The molecule has 148 valence electrons. The Balaban J connectivity index is 2.36. The zero-order valence-corrected chi connectivity index (χ0v) is 18.4. The first-order valence-electron chi connectivity index (χ1n) is 11.3. The highest BCUT2D eigenvalue weighted by Crippen LogP contribution is 2.30. The van der Waals surface area contributed by atoms with Crippen LogP contribution in [0.3, 0.4) is 0 Å². The maximum atomic E-state index is 11.6. The Morgan fingerprint density at radius 3 is 2.04 bits per heavy atom. The van der Waals surface area contributed by atoms with Gasteiger partial charge in [-0.1, -0.05) is 65.7 Å². The number of rotatable bonds is 15. The van der Waals surface area contributed by atoms with Gasteiger partial charge in [0.2, 0.25) is 0 Å². The molecule has 2 nitrogen and oxygen atoms in total. The van der Waals surface area contributed by atoms with Crippen LogP contribution in [0, 0.1) is 5.92 Å². The molecule has 1 aliphatic carbocycles. The first kappa shape index (κ1) is 22.9. The Kier molecular flexibility index (Phi) is 12.8. The van der Waals surface area contributed by atoms with Gasteiger partial charge in [-0.3, -0.25) is 4.79 Å². The van der Waals surface area contributed by atoms with Crippen LogP contribution in [0.5, 0.6) is 0 Å². The van der Waals surface area contributed by atoms with Crippen molar-refractivity contribution in [3.05, 3.63) is 0 Å². The molecule has 0 aromatic rings. The van der Waals surface area contributed by atoms with E-state index >= 15 is 0 Å². The van der Waals surface area contributed by atoms with Crippen LogP contribution in [0.4, 0.5) is 0 Å². The third-order valence-electron chi connectivity index (χ3n) is 5.96. The van der Waals surface area contributed by atoms with Crippen molar-refractivity contribution < 1.29 is 9.22 Å². The van der Waals surface area contributed by atoms with Crippen molar-refractivity contribution >= 4 is 14.1 Å². The summed E-state index contributed by atoms with van der Waals surface area (Å²) in [6.45, 7) is 7.91. The summed E-state index contributed by atoms with van der Waals surface area (Å²) in [7, 11) is -1.51. The first-order chi connectivity index (χ1) is 12.2. The van der Waals surface area contributed by atoms with Crippen molar-refractivity contribution in [3.63, 3.8) is 0 Å². The summed E-state index contributed by atoms with van der Waals surface area (Å²) < 4.78 is 6.72. The molecule has 1 saturated carbocycles. The third-order valence-corrected chi connectivity index (χ3v) is 10.6. The number of Topliss-reactive ketones (excluding diaryl/α,β-unsaturated/α-hetero) is 1. The molecule has 0 saturated heterocycles. The van der Waals surface area contributed by atoms with E-state index in [2.05, 4.69) is 20.8 Å². The van der Waals surface area contributed by atoms with Gasteiger partial charge in [0.25, 0.3) is 0 Å². The zero-order valence-electron chi connectivity index (χ0n) is 17.4. The smallest absolute Gasteiger partial charge is 0.192 e. The molecule has 1 aliphatic rings. The number of unbranched alkanes of at least 4 members (excludes halogenated alkanes) is 4. The fourth-order valence-electron chi connectivity index (χ4n) is 4.27. The van der Waals surface area contributed by atoms with Crippen molar-refractivity contribution in [3.8, 4) is 0 Å². The van der Waals surface area contributed by atoms with E-state index < -0.39 is 8.32 Å². The summed E-state index contributed by atoms with van der Waals surface area (Å²) in [6.07, 6.45) is 15.7. The second-order valence-electron chi connectivity index (χ2n) is 8.34. The fraction of sp³-hybridized carbons (Fsp3) is 0.955. The lowest BCUT2D eigenvalue weighted by molar-refractivity contribution is -0.121. The Morgan fingerprint density at radius 1 is 0.920 bits per heavy atom. The Labute approximate surface area is 158 Å². The summed E-state index contributed by atoms with van der Waals surface area (Å²) in [4.78, 5) is 11.6. The van der Waals surface area contributed by atoms with Gasteiger partial charge in [0.1, 0.15) is 5.78 Å². The van der Waals surface area contributed by atoms with Crippen molar-refractivity contribution in [2.75, 3.05) is 6.61 Å². The molecule has 0 heterocycles. The minimum Gasteiger partial charge on any atom is -0.417 e. The fourth-order valence-corrected chi connectivity index (χ4v) is 9.03. The van der Waals surface area contributed by atoms with Crippen LogP contribution >= 0.6 is 0 Å². The molecule has 0 aromatic carbocycles. The minimum atomic E-state index is -1.51. The van der Waals surface area contributed by atoms with Crippen molar-refractivity contribution in [1.82, 2.24) is 0 Å². The average Bonchev–Trinajstić information content (AvgIpc) is 2.62. The van der Waals surface area contributed by atoms with E-state index in [0.717, 1.165) is 25.9 Å². The molecule has 25 heavy (non-hydrogen) atoms. The standard InChI is InChI=1S/C22H44O2Si/c1-4-7-17-25(18-8-5-2,19-9-6-3)24-16-11-10-13-21-14-12-15-22(23)20-21/h21H,4-20H2,1-3H3. The van der Waals surface area contributed by atoms with Gasteiger partial charge in [-0.05, 0) is 49.7 Å². The van der Waals surface area contributed by atoms with Crippen LogP contribution in [0.1, 0.15) is 104 Å². The van der Waals surface area contributed by atoms with E-state index in [4.69, 9.17) is 4.43 Å². The first-order valence-corrected chi connectivity index (χ1v) is 13.8. The Bertz CT molecular complexity index is 321. The van der Waals surface area contributed by atoms with E-state index in [1.807, 2.05) is 0 Å². The lowest BCUT2D eigenvalue weighted by Crippen LogP contribution is -2.38. The van der Waals surface area contributed by atoms with E-state index in [-0.39, 0.29) is 0 Å². The molecule has 0 aromatic heterocycles. The lowest BCUT2D eigenvalue weighted by Gasteiger charge is -2.32. The van der Waals surface area contributed by atoms with E-state index in [0.29, 0.717) is 11.7 Å². The predicted octanol–water partition coefficient (Wildman–Crippen LogP) is 7.28. The van der Waals surface area contributed by atoms with Crippen LogP contribution in [0.2, 0.25) is 18.1 Å². The van der Waals surface area contributed by atoms with Gasteiger partial charge in [0.05, 0.1) is 0 Å². The van der Waals surface area contributed by atoms with Crippen LogP contribution in [0.25, 0.3) is 0 Å². The van der Waals surface area contributed by atoms with E-state index in [9.17, 15) is 4.79 Å². The van der Waals surface area contributed by atoms with Gasteiger partial charge in [-0.15, -0.1) is 0 Å². The predicted molar refractivity (Wildman–Crippen MR) is 112 cm³/mol. The highest BCUT2D eigenvalue weighted by Gasteiger charge is 2.32. The Morgan fingerprint density at radius 2 is 1.52 bits per heavy atom. The van der Waals surface area contributed by atoms with Gasteiger partial charge >= 0.3 is 0 Å². The second-order valence-corrected chi connectivity index (χ2v) is 12.5. The maximum absolute atomic E-state index is 11.6. The van der Waals surface area contributed by atoms with E-state index in [1.54, 1.807) is 0 Å². The number of hydrogen-bond donors (Lipinski definition) is 0. The summed E-state index contributed by atoms with van der Waals surface area (Å²) >= 11 is 0. The number of ketones is 1. The molecular weight excluding hydrogens is 324 g/mol. The van der Waals surface area contributed by atoms with Crippen molar-refractivity contribution in [2.45, 2.75) is 122 Å². The quantitative estimate of drug-likeness (QED) is 0.224. The molecule has 0 bridgehead atoms. The highest BCUT2D eigenvalue weighted by molar-refractivity contribution is 6.73. The van der Waals surface area contributed by atoms with Crippen LogP contribution in [-0.4, -0.2) is 20.7 Å². The van der Waals surface area contributed by atoms with Gasteiger partial charge < -0.3 is 4.43 Å². The highest BCUT2D eigenvalue weighted by atomic mass is 28.4. The molecule has 0 spiro atoms. The van der Waals surface area contributed by atoms with Crippen molar-refractivity contribution in [2.24, 2.45) is 5.92 Å². The second kappa shape index (κ2) is 14.0. The molecule has 3 heteroatoms. The van der Waals surface area contributed by atoms with Crippen molar-refractivity contribution in [1.29, 1.82) is 0 Å². The van der Waals surface area contributed by atoms with Crippen LogP contribution in [0.15, 0.2) is 0 Å². The maximum Gasteiger partial charge on any atom is 0.192 e. The molecule has 1 fully saturated rings. The summed E-state index contributed by atoms with van der Waals surface area (Å²) in [5.74, 6) is 1.17. The molecular formula is C22H44O2Si. The summed E-state index contributed by atoms with van der Waals surface area (Å²) in [5, 5.41) is 0. The number of carbonyl (C=O) groups is 1. The summed E-state index contributed by atoms with van der Waals surface area (Å²) in [5.41, 5.74) is 0. The topological polar surface area (TPSA) is 26.3 Å².